The summed E-state index contributed by atoms with van der Waals surface area (Å²) in [5.41, 5.74) is 1.24. The number of aromatic nitrogens is 1. The lowest BCUT2D eigenvalue weighted by molar-refractivity contribution is -0.142. The van der Waals surface area contributed by atoms with E-state index in [1.165, 1.54) is 10.7 Å². The number of alkyl halides is 1. The van der Waals surface area contributed by atoms with Crippen molar-refractivity contribution in [3.63, 3.8) is 0 Å². The first kappa shape index (κ1) is 32.9. The summed E-state index contributed by atoms with van der Waals surface area (Å²) >= 11 is 0. The molecule has 2 aromatic rings. The number of nitrogens with zero attached hydrogens (tertiary/aromatic N) is 2. The monoisotopic (exact) mass is 659 g/mol. The van der Waals surface area contributed by atoms with Crippen LogP contribution in [0.5, 0.6) is 0 Å². The summed E-state index contributed by atoms with van der Waals surface area (Å²) in [5.74, 6) is -0.188. The molecule has 2 aliphatic heterocycles. The van der Waals surface area contributed by atoms with E-state index < -0.39 is 22.2 Å². The number of rotatable bonds is 9. The molecule has 3 heterocycles. The van der Waals surface area contributed by atoms with Gasteiger partial charge >= 0.3 is 10.2 Å². The van der Waals surface area contributed by atoms with E-state index in [0.29, 0.717) is 41.4 Å². The first-order valence-electron chi connectivity index (χ1n) is 16.9. The third-order valence-corrected chi connectivity index (χ3v) is 12.1. The molecule has 0 bridgehead atoms. The van der Waals surface area contributed by atoms with Gasteiger partial charge in [0, 0.05) is 42.1 Å². The number of carbonyl (C=O) groups excluding carboxylic acids is 3. The van der Waals surface area contributed by atoms with Crippen LogP contribution in [0.25, 0.3) is 10.9 Å². The van der Waals surface area contributed by atoms with E-state index >= 15 is 0 Å². The number of benzene rings is 1. The number of H-pyrrole nitrogens is 1. The molecule has 2 saturated carbocycles. The minimum Gasteiger partial charge on any atom is -0.379 e. The van der Waals surface area contributed by atoms with Crippen LogP contribution < -0.4 is 10.0 Å². The first-order chi connectivity index (χ1) is 22.2. The fraction of sp³-hybridized carbons (Fsp3) is 0.667. The molecule has 252 valence electrons. The zero-order valence-electron chi connectivity index (χ0n) is 26.3. The zero-order chi connectivity index (χ0) is 32.3. The predicted molar refractivity (Wildman–Crippen MR) is 172 cm³/mol. The fourth-order valence-corrected chi connectivity index (χ4v) is 9.22. The molecule has 11 nitrogen and oxygen atoms in total. The topological polar surface area (TPSA) is 141 Å². The molecule has 0 radical (unpaired) electrons. The summed E-state index contributed by atoms with van der Waals surface area (Å²) in [6, 6.07) is 6.24. The van der Waals surface area contributed by atoms with Gasteiger partial charge in [-0.2, -0.15) is 12.7 Å². The average Bonchev–Trinajstić information content (AvgIpc) is 3.71. The highest BCUT2D eigenvalue weighted by Gasteiger charge is 2.46. The van der Waals surface area contributed by atoms with Gasteiger partial charge in [0.15, 0.2) is 0 Å². The Balaban J connectivity index is 1.16. The van der Waals surface area contributed by atoms with Crippen molar-refractivity contribution in [2.75, 3.05) is 44.8 Å². The molecule has 2 saturated heterocycles. The minimum absolute atomic E-state index is 0.0564. The number of hydrogen-bond donors (Lipinski definition) is 3. The second-order valence-electron chi connectivity index (χ2n) is 13.4. The molecule has 3 N–H and O–H groups in total. The number of carbonyl (C=O) groups is 3. The smallest absolute Gasteiger partial charge is 0.304 e. The summed E-state index contributed by atoms with van der Waals surface area (Å²) in [4.78, 5) is 45.6. The van der Waals surface area contributed by atoms with E-state index in [1.807, 2.05) is 4.90 Å². The molecule has 13 heteroatoms. The molecule has 4 fully saturated rings. The molecule has 3 amide bonds. The number of morpholine rings is 1. The van der Waals surface area contributed by atoms with Crippen molar-refractivity contribution < 1.29 is 31.9 Å². The van der Waals surface area contributed by atoms with Gasteiger partial charge in [-0.05, 0) is 80.5 Å². The van der Waals surface area contributed by atoms with Gasteiger partial charge < -0.3 is 19.9 Å². The molecule has 2 atom stereocenters. The third kappa shape index (κ3) is 7.26. The van der Waals surface area contributed by atoms with Crippen LogP contribution in [0, 0.1) is 23.7 Å². The summed E-state index contributed by atoms with van der Waals surface area (Å²) in [6.45, 7) is 1.14. The van der Waals surface area contributed by atoms with Crippen LogP contribution in [-0.2, 0) is 24.5 Å². The molecular weight excluding hydrogens is 613 g/mol. The lowest BCUT2D eigenvalue weighted by atomic mass is 9.76. The van der Waals surface area contributed by atoms with E-state index in [9.17, 15) is 27.2 Å². The SMILES string of the molecule is O=C(NS(=O)(=O)N1CCOCC1)c1cc2cc(NC(=O)[C@@H]3[C@H](C4CCCCC4)CCN3C(=O)C3CCC(CCF)CC3)ccc2[nH]1. The van der Waals surface area contributed by atoms with E-state index in [2.05, 4.69) is 15.0 Å². The molecule has 0 unspecified atom stereocenters. The maximum absolute atomic E-state index is 14.1. The first-order valence-corrected chi connectivity index (χ1v) is 18.4. The highest BCUT2D eigenvalue weighted by molar-refractivity contribution is 7.87. The Morgan fingerprint density at radius 2 is 1.67 bits per heavy atom. The normalized spacial score (nSPS) is 26.7. The summed E-state index contributed by atoms with van der Waals surface area (Å²) in [5, 5.41) is 3.71. The highest BCUT2D eigenvalue weighted by atomic mass is 32.2. The second kappa shape index (κ2) is 14.4. The summed E-state index contributed by atoms with van der Waals surface area (Å²) in [7, 11) is -4.01. The average molecular weight is 660 g/mol. The third-order valence-electron chi connectivity index (χ3n) is 10.6. The number of nitrogens with one attached hydrogen (secondary N) is 3. The van der Waals surface area contributed by atoms with Gasteiger partial charge in [0.2, 0.25) is 11.8 Å². The van der Waals surface area contributed by atoms with Gasteiger partial charge in [0.05, 0.1) is 19.9 Å². The van der Waals surface area contributed by atoms with Gasteiger partial charge in [0.1, 0.15) is 11.7 Å². The van der Waals surface area contributed by atoms with Crippen LogP contribution in [-0.4, -0.2) is 85.9 Å². The van der Waals surface area contributed by atoms with E-state index in [4.69, 9.17) is 4.74 Å². The minimum atomic E-state index is -4.01. The Morgan fingerprint density at radius 1 is 0.935 bits per heavy atom. The lowest BCUT2D eigenvalue weighted by Gasteiger charge is -2.36. The lowest BCUT2D eigenvalue weighted by Crippen LogP contribution is -2.49. The van der Waals surface area contributed by atoms with Crippen LogP contribution in [0.4, 0.5) is 10.1 Å². The van der Waals surface area contributed by atoms with Crippen molar-refractivity contribution in [2.24, 2.45) is 23.7 Å². The molecule has 2 aliphatic carbocycles. The van der Waals surface area contributed by atoms with Crippen molar-refractivity contribution in [3.8, 4) is 0 Å². The van der Waals surface area contributed by atoms with Gasteiger partial charge in [-0.3, -0.25) is 18.8 Å². The number of anilines is 1. The number of fused-ring (bicyclic) bond motifs is 1. The Kier molecular flexibility index (Phi) is 10.3. The molecule has 6 rings (SSSR count). The molecule has 1 aromatic heterocycles. The number of amides is 3. The van der Waals surface area contributed by atoms with E-state index in [1.54, 1.807) is 24.3 Å². The highest BCUT2D eigenvalue weighted by Crippen LogP contribution is 2.41. The molecule has 46 heavy (non-hydrogen) atoms. The fourth-order valence-electron chi connectivity index (χ4n) is 8.11. The van der Waals surface area contributed by atoms with Gasteiger partial charge in [-0.1, -0.05) is 32.1 Å². The van der Waals surface area contributed by atoms with Crippen molar-refractivity contribution in [1.82, 2.24) is 18.9 Å². The van der Waals surface area contributed by atoms with Gasteiger partial charge in [-0.25, -0.2) is 4.72 Å². The number of aromatic amines is 1. The van der Waals surface area contributed by atoms with Crippen molar-refractivity contribution in [2.45, 2.75) is 76.7 Å². The molecule has 4 aliphatic rings. The van der Waals surface area contributed by atoms with E-state index in [0.717, 1.165) is 57.8 Å². The van der Waals surface area contributed by atoms with Gasteiger partial charge in [0.25, 0.3) is 5.91 Å². The summed E-state index contributed by atoms with van der Waals surface area (Å²) < 4.78 is 46.8. The number of ether oxygens (including phenoxy) is 1. The summed E-state index contributed by atoms with van der Waals surface area (Å²) in [6.07, 6.45) is 10.2. The predicted octanol–water partition coefficient (Wildman–Crippen LogP) is 4.38. The van der Waals surface area contributed by atoms with E-state index in [-0.39, 0.29) is 62.3 Å². The number of hydrogen-bond acceptors (Lipinski definition) is 6. The Labute approximate surface area is 270 Å². The van der Waals surface area contributed by atoms with Crippen molar-refractivity contribution in [1.29, 1.82) is 0 Å². The Hall–Kier alpha value is -3.03. The quantitative estimate of drug-likeness (QED) is 0.365. The molecule has 1 aromatic carbocycles. The van der Waals surface area contributed by atoms with Crippen LogP contribution in [0.2, 0.25) is 0 Å². The largest absolute Gasteiger partial charge is 0.379 e. The van der Waals surface area contributed by atoms with Crippen LogP contribution in [0.15, 0.2) is 24.3 Å². The van der Waals surface area contributed by atoms with Crippen molar-refractivity contribution >= 4 is 44.5 Å². The van der Waals surface area contributed by atoms with Crippen LogP contribution in [0.3, 0.4) is 0 Å². The molecular formula is C33H46FN5O6S. The van der Waals surface area contributed by atoms with Gasteiger partial charge in [-0.15, -0.1) is 0 Å². The number of likely N-dealkylation sites (tertiary alicyclic amines) is 1. The maximum atomic E-state index is 14.1. The molecule has 0 spiro atoms. The standard InChI is InChI=1S/C33H46FN5O6S/c34-14-12-22-6-8-24(9-7-22)33(42)39-15-13-27(23-4-2-1-3-5-23)30(39)32(41)35-26-10-11-28-25(20-26)21-29(36-28)31(40)37-46(43,44)38-16-18-45-19-17-38/h10-11,20-24,27,30,36H,1-9,12-19H2,(H,35,41)(H,37,40)/t22?,24?,27-,30-/m0/s1. The maximum Gasteiger partial charge on any atom is 0.304 e. The van der Waals surface area contributed by atoms with Crippen LogP contribution >= 0.6 is 0 Å². The zero-order valence-corrected chi connectivity index (χ0v) is 27.2. The van der Waals surface area contributed by atoms with Crippen molar-refractivity contribution in [3.05, 3.63) is 30.0 Å². The van der Waals surface area contributed by atoms with Crippen LogP contribution in [0.1, 0.15) is 81.1 Å². The number of halogens is 1. The Bertz CT molecular complexity index is 1510. The second-order valence-corrected chi connectivity index (χ2v) is 15.1. The Morgan fingerprint density at radius 3 is 2.39 bits per heavy atom.